The molecule has 0 atom stereocenters. The highest BCUT2D eigenvalue weighted by Crippen LogP contribution is 2.22. The Morgan fingerprint density at radius 1 is 0.848 bits per heavy atom. The highest BCUT2D eigenvalue weighted by molar-refractivity contribution is 5.90. The van der Waals surface area contributed by atoms with Crippen molar-refractivity contribution >= 4 is 17.2 Å². The van der Waals surface area contributed by atoms with Gasteiger partial charge in [0.2, 0.25) is 5.91 Å². The number of carbonyl (C=O) groups is 1. The lowest BCUT2D eigenvalue weighted by atomic mass is 10.1. The first kappa shape index (κ1) is 20.5. The zero-order valence-electron chi connectivity index (χ0n) is 17.9. The summed E-state index contributed by atoms with van der Waals surface area (Å²) in [5, 5.41) is 16.1. The summed E-state index contributed by atoms with van der Waals surface area (Å²) in [6, 6.07) is 25.5. The molecule has 0 spiro atoms. The first-order chi connectivity index (χ1) is 16.3. The van der Waals surface area contributed by atoms with Crippen LogP contribution in [-0.2, 0) is 11.2 Å². The summed E-state index contributed by atoms with van der Waals surface area (Å²) in [7, 11) is 0. The van der Waals surface area contributed by atoms with Crippen molar-refractivity contribution in [3.05, 3.63) is 96.8 Å². The molecule has 0 aliphatic carbocycles. The molecule has 3 heterocycles. The minimum absolute atomic E-state index is 0.0174. The van der Waals surface area contributed by atoms with Crippen molar-refractivity contribution in [1.82, 2.24) is 24.8 Å². The van der Waals surface area contributed by atoms with Crippen molar-refractivity contribution in [2.45, 2.75) is 19.3 Å². The maximum Gasteiger partial charge on any atom is 0.224 e. The van der Waals surface area contributed by atoms with Crippen LogP contribution in [0.4, 0.5) is 5.69 Å². The fourth-order valence-electron chi connectivity index (χ4n) is 3.66. The molecule has 2 aromatic carbocycles. The molecule has 0 aliphatic heterocycles. The summed E-state index contributed by atoms with van der Waals surface area (Å²) in [6.07, 6.45) is 5.65. The van der Waals surface area contributed by atoms with Crippen molar-refractivity contribution in [2.75, 3.05) is 5.32 Å². The van der Waals surface area contributed by atoms with E-state index in [1.807, 2.05) is 66.7 Å². The summed E-state index contributed by atoms with van der Waals surface area (Å²) in [5.41, 5.74) is 5.25. The van der Waals surface area contributed by atoms with Crippen LogP contribution >= 0.6 is 0 Å². The molecule has 1 N–H and O–H groups in total. The van der Waals surface area contributed by atoms with Crippen LogP contribution in [0.15, 0.2) is 91.3 Å². The van der Waals surface area contributed by atoms with E-state index in [-0.39, 0.29) is 5.91 Å². The standard InChI is InChI=1S/C26H22N6O/c33-25(10-4-8-19-6-2-1-3-7-19)28-22-13-11-20(12-14-22)23-15-16-24-29-30-26(32(24)31-23)21-9-5-17-27-18-21/h1-3,5-7,9,11-18H,4,8,10H2,(H,28,33). The number of pyridine rings is 1. The van der Waals surface area contributed by atoms with Crippen molar-refractivity contribution in [3.8, 4) is 22.6 Å². The van der Waals surface area contributed by atoms with E-state index in [9.17, 15) is 4.79 Å². The van der Waals surface area contributed by atoms with Gasteiger partial charge in [0.05, 0.1) is 5.69 Å². The molecule has 0 aliphatic rings. The number of hydrogen-bond donors (Lipinski definition) is 1. The van der Waals surface area contributed by atoms with Crippen LogP contribution in [0.2, 0.25) is 0 Å². The predicted molar refractivity (Wildman–Crippen MR) is 127 cm³/mol. The quantitative estimate of drug-likeness (QED) is 0.397. The Hall–Kier alpha value is -4.39. The summed E-state index contributed by atoms with van der Waals surface area (Å²) in [5.74, 6) is 0.656. The number of aromatic nitrogens is 5. The second-order valence-corrected chi connectivity index (χ2v) is 7.72. The smallest absolute Gasteiger partial charge is 0.224 e. The summed E-state index contributed by atoms with van der Waals surface area (Å²) in [6.45, 7) is 0. The first-order valence-corrected chi connectivity index (χ1v) is 10.8. The van der Waals surface area contributed by atoms with E-state index in [0.717, 1.165) is 35.3 Å². The number of carbonyl (C=O) groups excluding carboxylic acids is 1. The monoisotopic (exact) mass is 434 g/mol. The molecule has 0 saturated heterocycles. The average Bonchev–Trinajstić information content (AvgIpc) is 3.29. The number of rotatable bonds is 7. The van der Waals surface area contributed by atoms with Gasteiger partial charge in [0, 0.05) is 35.6 Å². The third-order valence-electron chi connectivity index (χ3n) is 5.36. The Morgan fingerprint density at radius 2 is 1.70 bits per heavy atom. The van der Waals surface area contributed by atoms with Crippen LogP contribution in [0, 0.1) is 0 Å². The minimum Gasteiger partial charge on any atom is -0.326 e. The van der Waals surface area contributed by atoms with Crippen molar-refractivity contribution in [3.63, 3.8) is 0 Å². The largest absolute Gasteiger partial charge is 0.326 e. The van der Waals surface area contributed by atoms with Gasteiger partial charge in [-0.1, -0.05) is 42.5 Å². The lowest BCUT2D eigenvalue weighted by molar-refractivity contribution is -0.116. The number of anilines is 1. The topological polar surface area (TPSA) is 85.1 Å². The molecule has 5 aromatic rings. The van der Waals surface area contributed by atoms with Crippen LogP contribution in [-0.4, -0.2) is 30.7 Å². The third-order valence-corrected chi connectivity index (χ3v) is 5.36. The molecule has 7 nitrogen and oxygen atoms in total. The molecule has 7 heteroatoms. The van der Waals surface area contributed by atoms with Crippen LogP contribution < -0.4 is 5.32 Å². The highest BCUT2D eigenvalue weighted by atomic mass is 16.1. The van der Waals surface area contributed by atoms with Gasteiger partial charge in [0.25, 0.3) is 0 Å². The van der Waals surface area contributed by atoms with Gasteiger partial charge in [-0.05, 0) is 54.8 Å². The molecular formula is C26H22N6O. The van der Waals surface area contributed by atoms with E-state index < -0.39 is 0 Å². The maximum atomic E-state index is 12.3. The van der Waals surface area contributed by atoms with Crippen molar-refractivity contribution < 1.29 is 4.79 Å². The lowest BCUT2D eigenvalue weighted by Crippen LogP contribution is -2.11. The maximum absolute atomic E-state index is 12.3. The summed E-state index contributed by atoms with van der Waals surface area (Å²) < 4.78 is 1.72. The van der Waals surface area contributed by atoms with Crippen LogP contribution in [0.1, 0.15) is 18.4 Å². The van der Waals surface area contributed by atoms with Gasteiger partial charge in [-0.25, -0.2) is 0 Å². The SMILES string of the molecule is O=C(CCCc1ccccc1)Nc1ccc(-c2ccc3nnc(-c4cccnc4)n3n2)cc1. The van der Waals surface area contributed by atoms with Gasteiger partial charge in [0.1, 0.15) is 0 Å². The number of fused-ring (bicyclic) bond motifs is 1. The predicted octanol–water partition coefficient (Wildman–Crippen LogP) is 4.81. The van der Waals surface area contributed by atoms with E-state index in [4.69, 9.17) is 5.10 Å². The van der Waals surface area contributed by atoms with E-state index in [1.54, 1.807) is 16.9 Å². The van der Waals surface area contributed by atoms with Gasteiger partial charge in [-0.3, -0.25) is 9.78 Å². The zero-order chi connectivity index (χ0) is 22.5. The molecule has 0 bridgehead atoms. The van der Waals surface area contributed by atoms with Crippen molar-refractivity contribution in [1.29, 1.82) is 0 Å². The number of nitrogens with one attached hydrogen (secondary N) is 1. The molecule has 162 valence electrons. The highest BCUT2D eigenvalue weighted by Gasteiger charge is 2.11. The van der Waals surface area contributed by atoms with Gasteiger partial charge in [0.15, 0.2) is 11.5 Å². The Labute approximate surface area is 191 Å². The van der Waals surface area contributed by atoms with E-state index in [0.29, 0.717) is 17.9 Å². The molecule has 0 unspecified atom stereocenters. The van der Waals surface area contributed by atoms with E-state index in [1.165, 1.54) is 5.56 Å². The number of hydrogen-bond acceptors (Lipinski definition) is 5. The fourth-order valence-corrected chi connectivity index (χ4v) is 3.66. The third kappa shape index (κ3) is 4.77. The molecular weight excluding hydrogens is 412 g/mol. The normalized spacial score (nSPS) is 10.9. The molecule has 0 fully saturated rings. The second-order valence-electron chi connectivity index (χ2n) is 7.72. The number of amides is 1. The Bertz CT molecular complexity index is 1360. The minimum atomic E-state index is 0.0174. The van der Waals surface area contributed by atoms with Crippen LogP contribution in [0.25, 0.3) is 28.3 Å². The van der Waals surface area contributed by atoms with Gasteiger partial charge >= 0.3 is 0 Å². The van der Waals surface area contributed by atoms with Crippen molar-refractivity contribution in [2.24, 2.45) is 0 Å². The van der Waals surface area contributed by atoms with Gasteiger partial charge in [-0.15, -0.1) is 10.2 Å². The summed E-state index contributed by atoms with van der Waals surface area (Å²) >= 11 is 0. The van der Waals surface area contributed by atoms with Crippen LogP contribution in [0.5, 0.6) is 0 Å². The number of aryl methyl sites for hydroxylation is 1. The van der Waals surface area contributed by atoms with Crippen LogP contribution in [0.3, 0.4) is 0 Å². The number of nitrogens with zero attached hydrogens (tertiary/aromatic N) is 5. The Kier molecular flexibility index (Phi) is 5.84. The van der Waals surface area contributed by atoms with Gasteiger partial charge < -0.3 is 5.32 Å². The fraction of sp³-hybridized carbons (Fsp3) is 0.115. The Balaban J connectivity index is 1.26. The van der Waals surface area contributed by atoms with E-state index in [2.05, 4.69) is 32.6 Å². The molecule has 3 aromatic heterocycles. The molecule has 0 radical (unpaired) electrons. The first-order valence-electron chi connectivity index (χ1n) is 10.8. The number of benzene rings is 2. The van der Waals surface area contributed by atoms with E-state index >= 15 is 0 Å². The molecule has 1 amide bonds. The average molecular weight is 435 g/mol. The zero-order valence-corrected chi connectivity index (χ0v) is 17.9. The summed E-state index contributed by atoms with van der Waals surface area (Å²) in [4.78, 5) is 16.5. The van der Waals surface area contributed by atoms with Gasteiger partial charge in [-0.2, -0.15) is 9.61 Å². The lowest BCUT2D eigenvalue weighted by Gasteiger charge is -2.07. The Morgan fingerprint density at radius 3 is 2.48 bits per heavy atom. The molecule has 33 heavy (non-hydrogen) atoms. The molecule has 5 rings (SSSR count). The second kappa shape index (κ2) is 9.40. The molecule has 0 saturated carbocycles.